The number of methoxy groups -OCH3 is 2. The highest BCUT2D eigenvalue weighted by atomic mass is 32.1. The Bertz CT molecular complexity index is 566. The topological polar surface area (TPSA) is 52.1 Å². The highest BCUT2D eigenvalue weighted by Crippen LogP contribution is 2.36. The number of nitrogens with zero attached hydrogens (tertiary/aromatic N) is 2. The molecule has 2 rings (SSSR count). The summed E-state index contributed by atoms with van der Waals surface area (Å²) in [5, 5.41) is 6.93. The average Bonchev–Trinajstić information content (AvgIpc) is 2.69. The van der Waals surface area contributed by atoms with Gasteiger partial charge in [-0.25, -0.2) is 0 Å². The molecule has 0 atom stereocenters. The van der Waals surface area contributed by atoms with E-state index in [-0.39, 0.29) is 0 Å². The van der Waals surface area contributed by atoms with Gasteiger partial charge in [-0.3, -0.25) is 5.10 Å². The summed E-state index contributed by atoms with van der Waals surface area (Å²) >= 11 is 5.10. The maximum atomic E-state index is 5.33. The standard InChI is InChI=1S/C11H13N3O2S/c1-14-10(12-13-11(14)17)9-7(15-2)5-4-6-8(9)16-3/h4-6H,1-3H3,(H,13,17). The number of benzene rings is 1. The Balaban J connectivity index is 2.72. The van der Waals surface area contributed by atoms with Crippen LogP contribution in [0.5, 0.6) is 11.5 Å². The number of aromatic amines is 1. The van der Waals surface area contributed by atoms with Gasteiger partial charge in [0.1, 0.15) is 17.1 Å². The lowest BCUT2D eigenvalue weighted by molar-refractivity contribution is 0.396. The van der Waals surface area contributed by atoms with Crippen molar-refractivity contribution >= 4 is 12.2 Å². The van der Waals surface area contributed by atoms with Gasteiger partial charge in [0.2, 0.25) is 0 Å². The predicted molar refractivity (Wildman–Crippen MR) is 66.9 cm³/mol. The molecule has 0 unspecified atom stereocenters. The molecule has 0 aliphatic heterocycles. The summed E-state index contributed by atoms with van der Waals surface area (Å²) in [4.78, 5) is 0. The minimum Gasteiger partial charge on any atom is -0.496 e. The van der Waals surface area contributed by atoms with Crippen molar-refractivity contribution in [1.29, 1.82) is 0 Å². The Morgan fingerprint density at radius 2 is 1.82 bits per heavy atom. The van der Waals surface area contributed by atoms with Gasteiger partial charge in [0, 0.05) is 7.05 Å². The maximum Gasteiger partial charge on any atom is 0.195 e. The van der Waals surface area contributed by atoms with Crippen LogP contribution in [0.4, 0.5) is 0 Å². The van der Waals surface area contributed by atoms with Gasteiger partial charge in [0.25, 0.3) is 0 Å². The van der Waals surface area contributed by atoms with Gasteiger partial charge < -0.3 is 14.0 Å². The number of ether oxygens (including phenoxy) is 2. The van der Waals surface area contributed by atoms with Crippen LogP contribution >= 0.6 is 12.2 Å². The quantitative estimate of drug-likeness (QED) is 0.849. The molecule has 1 aromatic carbocycles. The van der Waals surface area contributed by atoms with Gasteiger partial charge in [0.15, 0.2) is 10.6 Å². The van der Waals surface area contributed by atoms with Crippen molar-refractivity contribution in [1.82, 2.24) is 14.8 Å². The molecule has 0 aliphatic carbocycles. The van der Waals surface area contributed by atoms with Crippen LogP contribution in [0.15, 0.2) is 18.2 Å². The molecule has 90 valence electrons. The molecule has 6 heteroatoms. The normalized spacial score (nSPS) is 10.3. The molecule has 0 saturated carbocycles. The van der Waals surface area contributed by atoms with Gasteiger partial charge in [0.05, 0.1) is 14.2 Å². The summed E-state index contributed by atoms with van der Waals surface area (Å²) in [7, 11) is 5.06. The molecule has 0 saturated heterocycles. The zero-order valence-electron chi connectivity index (χ0n) is 9.85. The summed E-state index contributed by atoms with van der Waals surface area (Å²) < 4.78 is 13.0. The predicted octanol–water partition coefficient (Wildman–Crippen LogP) is 2.16. The summed E-state index contributed by atoms with van der Waals surface area (Å²) in [5.74, 6) is 2.08. The average molecular weight is 251 g/mol. The minimum atomic E-state index is 0.549. The smallest absolute Gasteiger partial charge is 0.195 e. The van der Waals surface area contributed by atoms with Crippen molar-refractivity contribution in [2.24, 2.45) is 7.05 Å². The molecule has 1 heterocycles. The molecule has 1 aromatic heterocycles. The van der Waals surface area contributed by atoms with Gasteiger partial charge in [-0.15, -0.1) is 0 Å². The molecular formula is C11H13N3O2S. The third-order valence-corrected chi connectivity index (χ3v) is 2.90. The zero-order chi connectivity index (χ0) is 12.4. The Morgan fingerprint density at radius 3 is 2.24 bits per heavy atom. The Kier molecular flexibility index (Phi) is 3.14. The van der Waals surface area contributed by atoms with E-state index in [1.807, 2.05) is 25.2 Å². The summed E-state index contributed by atoms with van der Waals surface area (Å²) in [6.45, 7) is 0. The second-order valence-corrected chi connectivity index (χ2v) is 3.84. The number of hydrogen-bond donors (Lipinski definition) is 1. The van der Waals surface area contributed by atoms with Crippen LogP contribution in [0.25, 0.3) is 11.4 Å². The highest BCUT2D eigenvalue weighted by Gasteiger charge is 2.16. The van der Waals surface area contributed by atoms with E-state index in [0.29, 0.717) is 22.1 Å². The fourth-order valence-electron chi connectivity index (χ4n) is 1.64. The van der Waals surface area contributed by atoms with Crippen LogP contribution in [0.3, 0.4) is 0 Å². The first kappa shape index (κ1) is 11.7. The minimum absolute atomic E-state index is 0.549. The van der Waals surface area contributed by atoms with Crippen molar-refractivity contribution in [2.75, 3.05) is 14.2 Å². The number of rotatable bonds is 3. The largest absolute Gasteiger partial charge is 0.496 e. The molecule has 1 N–H and O–H groups in total. The van der Waals surface area contributed by atoms with Gasteiger partial charge in [-0.05, 0) is 24.4 Å². The van der Waals surface area contributed by atoms with E-state index < -0.39 is 0 Å². The zero-order valence-corrected chi connectivity index (χ0v) is 10.7. The lowest BCUT2D eigenvalue weighted by atomic mass is 10.1. The van der Waals surface area contributed by atoms with E-state index in [1.165, 1.54) is 0 Å². The molecule has 0 aliphatic rings. The number of nitrogens with one attached hydrogen (secondary N) is 1. The number of aromatic nitrogens is 3. The van der Waals surface area contributed by atoms with Crippen LogP contribution in [0.2, 0.25) is 0 Å². The molecule has 0 fully saturated rings. The molecule has 2 aromatic rings. The molecule has 0 radical (unpaired) electrons. The van der Waals surface area contributed by atoms with Crippen molar-refractivity contribution in [3.05, 3.63) is 23.0 Å². The van der Waals surface area contributed by atoms with E-state index in [2.05, 4.69) is 10.2 Å². The van der Waals surface area contributed by atoms with Crippen LogP contribution in [0, 0.1) is 4.77 Å². The highest BCUT2D eigenvalue weighted by molar-refractivity contribution is 7.71. The number of hydrogen-bond acceptors (Lipinski definition) is 4. The van der Waals surface area contributed by atoms with Crippen LogP contribution in [0.1, 0.15) is 0 Å². The molecular weight excluding hydrogens is 238 g/mol. The third-order valence-electron chi connectivity index (χ3n) is 2.53. The SMILES string of the molecule is COc1cccc(OC)c1-c1n[nH]c(=S)n1C. The van der Waals surface area contributed by atoms with Crippen LogP contribution in [-0.4, -0.2) is 29.0 Å². The Morgan fingerprint density at radius 1 is 1.24 bits per heavy atom. The van der Waals surface area contributed by atoms with E-state index >= 15 is 0 Å². The molecule has 17 heavy (non-hydrogen) atoms. The van der Waals surface area contributed by atoms with E-state index in [9.17, 15) is 0 Å². The van der Waals surface area contributed by atoms with Crippen molar-refractivity contribution in [3.8, 4) is 22.9 Å². The summed E-state index contributed by atoms with van der Waals surface area (Å²) in [6.07, 6.45) is 0. The molecule has 5 nitrogen and oxygen atoms in total. The van der Waals surface area contributed by atoms with E-state index in [4.69, 9.17) is 21.7 Å². The first-order valence-corrected chi connectivity index (χ1v) is 5.42. The first-order chi connectivity index (χ1) is 8.19. The van der Waals surface area contributed by atoms with Gasteiger partial charge in [-0.2, -0.15) is 5.10 Å². The van der Waals surface area contributed by atoms with Crippen molar-refractivity contribution in [3.63, 3.8) is 0 Å². The fraction of sp³-hybridized carbons (Fsp3) is 0.273. The second-order valence-electron chi connectivity index (χ2n) is 3.45. The maximum absolute atomic E-state index is 5.33. The lowest BCUT2D eigenvalue weighted by Gasteiger charge is -2.11. The molecule has 0 bridgehead atoms. The number of H-pyrrole nitrogens is 1. The Labute approximate surface area is 104 Å². The van der Waals surface area contributed by atoms with Gasteiger partial charge >= 0.3 is 0 Å². The van der Waals surface area contributed by atoms with Crippen molar-refractivity contribution in [2.45, 2.75) is 0 Å². The molecule has 0 spiro atoms. The van der Waals surface area contributed by atoms with E-state index in [0.717, 1.165) is 5.56 Å². The van der Waals surface area contributed by atoms with E-state index in [1.54, 1.807) is 18.8 Å². The Hall–Kier alpha value is -1.82. The molecule has 0 amide bonds. The monoisotopic (exact) mass is 251 g/mol. The van der Waals surface area contributed by atoms with Crippen molar-refractivity contribution < 1.29 is 9.47 Å². The fourth-order valence-corrected chi connectivity index (χ4v) is 1.77. The van der Waals surface area contributed by atoms with Crippen LogP contribution < -0.4 is 9.47 Å². The lowest BCUT2D eigenvalue weighted by Crippen LogP contribution is -1.98. The van der Waals surface area contributed by atoms with Crippen LogP contribution in [-0.2, 0) is 7.05 Å². The summed E-state index contributed by atoms with van der Waals surface area (Å²) in [6, 6.07) is 5.58. The third kappa shape index (κ3) is 1.91. The van der Waals surface area contributed by atoms with Gasteiger partial charge in [-0.1, -0.05) is 6.07 Å². The first-order valence-electron chi connectivity index (χ1n) is 5.01. The second kappa shape index (κ2) is 4.58. The summed E-state index contributed by atoms with van der Waals surface area (Å²) in [5.41, 5.74) is 0.785.